The maximum absolute atomic E-state index is 15.8. The van der Waals surface area contributed by atoms with Crippen molar-refractivity contribution in [1.29, 1.82) is 0 Å². The molecule has 0 bridgehead atoms. The highest BCUT2D eigenvalue weighted by Crippen LogP contribution is 2.38. The zero-order valence-electron chi connectivity index (χ0n) is 22.4. The zero-order valence-corrected chi connectivity index (χ0v) is 24.7. The summed E-state index contributed by atoms with van der Waals surface area (Å²) in [6.45, 7) is 8.05. The second-order valence-corrected chi connectivity index (χ2v) is 11.6. The van der Waals surface area contributed by atoms with Crippen molar-refractivity contribution < 1.29 is 9.18 Å². The molecule has 8 nitrogen and oxygen atoms in total. The van der Waals surface area contributed by atoms with Gasteiger partial charge in [-0.25, -0.2) is 9.37 Å². The molecule has 0 N–H and O–H groups in total. The minimum Gasteiger partial charge on any atom is -0.332 e. The molecule has 1 amide bonds. The van der Waals surface area contributed by atoms with Crippen molar-refractivity contribution >= 4 is 51.9 Å². The molecule has 4 aromatic rings. The molecule has 1 aliphatic heterocycles. The highest BCUT2D eigenvalue weighted by Gasteiger charge is 2.46. The summed E-state index contributed by atoms with van der Waals surface area (Å²) in [6.07, 6.45) is 2.72. The van der Waals surface area contributed by atoms with E-state index in [1.165, 1.54) is 15.5 Å². The van der Waals surface area contributed by atoms with Crippen LogP contribution in [0.2, 0.25) is 15.1 Å². The van der Waals surface area contributed by atoms with E-state index in [0.717, 1.165) is 10.6 Å². The minimum atomic E-state index is -1.96. The maximum atomic E-state index is 15.8. The number of alkyl halides is 1. The summed E-state index contributed by atoms with van der Waals surface area (Å²) in [5.41, 5.74) is -1.37. The number of likely N-dealkylation sites (tertiary alicyclic amines) is 1. The molecular weight excluding hydrogens is 592 g/mol. The Hall–Kier alpha value is -3.53. The third-order valence-corrected chi connectivity index (χ3v) is 8.19. The van der Waals surface area contributed by atoms with Crippen LogP contribution in [-0.2, 0) is 11.3 Å². The molecule has 1 saturated heterocycles. The Morgan fingerprint density at radius 3 is 2.51 bits per heavy atom. The van der Waals surface area contributed by atoms with Crippen molar-refractivity contribution in [2.75, 3.05) is 13.1 Å². The van der Waals surface area contributed by atoms with Gasteiger partial charge in [0, 0.05) is 11.8 Å². The normalized spacial score (nSPS) is 14.4. The number of aryl methyl sites for hydroxylation is 1. The van der Waals surface area contributed by atoms with E-state index in [0.29, 0.717) is 22.5 Å². The second kappa shape index (κ2) is 10.7. The fourth-order valence-corrected chi connectivity index (χ4v) is 5.72. The van der Waals surface area contributed by atoms with E-state index in [1.807, 2.05) is 13.8 Å². The number of aromatic nitrogens is 4. The van der Waals surface area contributed by atoms with Gasteiger partial charge in [0.2, 0.25) is 5.91 Å². The molecule has 4 heterocycles. The summed E-state index contributed by atoms with van der Waals surface area (Å²) in [7, 11) is 0. The van der Waals surface area contributed by atoms with Crippen LogP contribution in [0.5, 0.6) is 0 Å². The standard InChI is InChI=1S/C29H25Cl3FN5O3/c1-5-21(39)36-12-29(33,13-36)14-37-20-11-19(31)24(17-7-6-8-18(30)22(17)32)35-26(20)38(28(41)27(37)40)25-16(4)9-10-34-23(25)15(2)3/h5-11,15H,1,12-14H2,2-4H3. The first-order valence-electron chi connectivity index (χ1n) is 12.7. The quantitative estimate of drug-likeness (QED) is 0.204. The predicted molar refractivity (Wildman–Crippen MR) is 159 cm³/mol. The third-order valence-electron chi connectivity index (χ3n) is 7.08. The molecule has 0 saturated carbocycles. The number of carbonyl (C=O) groups is 1. The van der Waals surface area contributed by atoms with Gasteiger partial charge in [-0.3, -0.25) is 28.5 Å². The van der Waals surface area contributed by atoms with Crippen LogP contribution in [0.1, 0.15) is 31.0 Å². The maximum Gasteiger partial charge on any atom is 0.322 e. The highest BCUT2D eigenvalue weighted by atomic mass is 35.5. The van der Waals surface area contributed by atoms with E-state index in [4.69, 9.17) is 39.8 Å². The smallest absolute Gasteiger partial charge is 0.322 e. The number of fused-ring (bicyclic) bond motifs is 1. The summed E-state index contributed by atoms with van der Waals surface area (Å²) >= 11 is 19.5. The Morgan fingerprint density at radius 1 is 1.15 bits per heavy atom. The summed E-state index contributed by atoms with van der Waals surface area (Å²) in [6, 6.07) is 8.16. The third kappa shape index (κ3) is 4.96. The lowest BCUT2D eigenvalue weighted by Crippen LogP contribution is -2.63. The molecule has 1 aliphatic rings. The van der Waals surface area contributed by atoms with Crippen LogP contribution < -0.4 is 11.1 Å². The lowest BCUT2D eigenvalue weighted by molar-refractivity contribution is -0.141. The molecule has 12 heteroatoms. The molecule has 0 radical (unpaired) electrons. The largest absolute Gasteiger partial charge is 0.332 e. The van der Waals surface area contributed by atoms with E-state index >= 15 is 4.39 Å². The van der Waals surface area contributed by atoms with Crippen molar-refractivity contribution in [2.45, 2.75) is 38.9 Å². The summed E-state index contributed by atoms with van der Waals surface area (Å²) in [5.74, 6) is -0.534. The van der Waals surface area contributed by atoms with Gasteiger partial charge >= 0.3 is 11.1 Å². The van der Waals surface area contributed by atoms with E-state index in [9.17, 15) is 14.4 Å². The van der Waals surface area contributed by atoms with Crippen LogP contribution in [0.15, 0.2) is 58.8 Å². The topological polar surface area (TPSA) is 90.1 Å². The molecule has 3 aromatic heterocycles. The van der Waals surface area contributed by atoms with Gasteiger partial charge in [0.15, 0.2) is 11.3 Å². The van der Waals surface area contributed by atoms with Gasteiger partial charge in [0.25, 0.3) is 0 Å². The minimum absolute atomic E-state index is 0.0602. The molecule has 0 atom stereocenters. The lowest BCUT2D eigenvalue weighted by atomic mass is 9.95. The number of amides is 1. The van der Waals surface area contributed by atoms with Crippen molar-refractivity contribution in [3.05, 3.63) is 96.2 Å². The Labute approximate surface area is 249 Å². The van der Waals surface area contributed by atoms with Crippen molar-refractivity contribution in [2.24, 2.45) is 0 Å². The van der Waals surface area contributed by atoms with Gasteiger partial charge in [0.1, 0.15) is 0 Å². The zero-order chi connectivity index (χ0) is 29.8. The molecular formula is C29H25Cl3FN5O3. The number of pyridine rings is 2. The van der Waals surface area contributed by atoms with Gasteiger partial charge in [-0.1, -0.05) is 67.4 Å². The number of carbonyl (C=O) groups excluding carboxylic acids is 1. The fraction of sp³-hybridized carbons (Fsp3) is 0.276. The SMILES string of the molecule is C=CC(=O)N1CC(F)(Cn2c(=O)c(=O)n(-c3c(C)ccnc3C(C)C)c3nc(-c4cccc(Cl)c4Cl)c(Cl)cc32)C1. The molecule has 212 valence electrons. The van der Waals surface area contributed by atoms with Crippen LogP contribution in [0, 0.1) is 6.92 Å². The van der Waals surface area contributed by atoms with Gasteiger partial charge < -0.3 is 4.90 Å². The van der Waals surface area contributed by atoms with Crippen LogP contribution in [0.3, 0.4) is 0 Å². The molecule has 0 spiro atoms. The van der Waals surface area contributed by atoms with Crippen molar-refractivity contribution in [3.8, 4) is 16.9 Å². The lowest BCUT2D eigenvalue weighted by Gasteiger charge is -2.44. The summed E-state index contributed by atoms with van der Waals surface area (Å²) in [5, 5.41) is 0.587. The Kier molecular flexibility index (Phi) is 7.57. The number of nitrogens with zero attached hydrogens (tertiary/aromatic N) is 5. The van der Waals surface area contributed by atoms with E-state index in [-0.39, 0.29) is 50.9 Å². The first-order valence-corrected chi connectivity index (χ1v) is 13.9. The molecule has 1 aromatic carbocycles. The number of halogens is 4. The molecule has 1 fully saturated rings. The fourth-order valence-electron chi connectivity index (χ4n) is 5.08. The average molecular weight is 617 g/mol. The van der Waals surface area contributed by atoms with Crippen molar-refractivity contribution in [1.82, 2.24) is 24.0 Å². The number of rotatable bonds is 6. The summed E-state index contributed by atoms with van der Waals surface area (Å²) in [4.78, 5) is 50.0. The van der Waals surface area contributed by atoms with Gasteiger partial charge in [-0.2, -0.15) is 0 Å². The number of benzene rings is 1. The average Bonchev–Trinajstić information content (AvgIpc) is 2.91. The Bertz CT molecular complexity index is 1860. The number of hydrogen-bond acceptors (Lipinski definition) is 5. The second-order valence-electron chi connectivity index (χ2n) is 10.4. The van der Waals surface area contributed by atoms with Gasteiger partial charge in [-0.05, 0) is 42.7 Å². The number of hydrogen-bond donors (Lipinski definition) is 0. The van der Waals surface area contributed by atoms with Crippen LogP contribution in [0.25, 0.3) is 28.1 Å². The van der Waals surface area contributed by atoms with E-state index in [2.05, 4.69) is 11.6 Å². The van der Waals surface area contributed by atoms with Gasteiger partial charge in [-0.15, -0.1) is 0 Å². The molecule has 5 rings (SSSR count). The Morgan fingerprint density at radius 2 is 1.85 bits per heavy atom. The molecule has 0 unspecified atom stereocenters. The monoisotopic (exact) mass is 615 g/mol. The van der Waals surface area contributed by atoms with Crippen LogP contribution in [-0.4, -0.2) is 48.7 Å². The first-order chi connectivity index (χ1) is 19.4. The highest BCUT2D eigenvalue weighted by molar-refractivity contribution is 6.44. The van der Waals surface area contributed by atoms with E-state index in [1.54, 1.807) is 37.4 Å². The van der Waals surface area contributed by atoms with E-state index < -0.39 is 29.2 Å². The summed E-state index contributed by atoms with van der Waals surface area (Å²) < 4.78 is 18.0. The predicted octanol–water partition coefficient (Wildman–Crippen LogP) is 5.74. The molecule has 41 heavy (non-hydrogen) atoms. The molecule has 0 aliphatic carbocycles. The Balaban J connectivity index is 1.84. The van der Waals surface area contributed by atoms with Crippen LogP contribution >= 0.6 is 34.8 Å². The van der Waals surface area contributed by atoms with Crippen molar-refractivity contribution in [3.63, 3.8) is 0 Å². The van der Waals surface area contributed by atoms with Gasteiger partial charge in [0.05, 0.1) is 57.3 Å². The first kappa shape index (κ1) is 29.0. The van der Waals surface area contributed by atoms with Crippen LogP contribution in [0.4, 0.5) is 4.39 Å².